The number of rotatable bonds is 2. The Morgan fingerprint density at radius 2 is 1.67 bits per heavy atom. The fourth-order valence-corrected chi connectivity index (χ4v) is 5.66. The van der Waals surface area contributed by atoms with Crippen molar-refractivity contribution in [3.8, 4) is 5.75 Å². The smallest absolute Gasteiger partial charge is 0.259 e. The van der Waals surface area contributed by atoms with E-state index in [1.165, 1.54) is 17.7 Å². The predicted molar refractivity (Wildman–Crippen MR) is 128 cm³/mol. The van der Waals surface area contributed by atoms with E-state index >= 15 is 0 Å². The van der Waals surface area contributed by atoms with E-state index in [0.29, 0.717) is 27.2 Å². The molecule has 4 nitrogen and oxygen atoms in total. The first-order valence-corrected chi connectivity index (χ1v) is 11.8. The standard InChI is InChI=1S/C15H11Cl2NO2S.C7H7NS/c1-20-14-10(16)6-9(7-11(14)17)15(19)18-8-21-13-5-3-2-4-12(13)18;1-2-4-7-6(3-1)8-5-9-7/h2-7H,8H2,1H3;1-4,8H,5H2. The SMILES string of the molecule is COc1c(Cl)cc(C(=O)N2CSc3ccccc32)cc1Cl.c1ccc2c(c1)NCS2. The number of nitrogens with zero attached hydrogens (tertiary/aromatic N) is 1. The van der Waals surface area contributed by atoms with E-state index in [1.54, 1.807) is 28.8 Å². The highest BCUT2D eigenvalue weighted by Crippen LogP contribution is 2.40. The molecule has 0 fully saturated rings. The van der Waals surface area contributed by atoms with Gasteiger partial charge in [-0.1, -0.05) is 47.5 Å². The van der Waals surface area contributed by atoms with E-state index in [0.717, 1.165) is 16.5 Å². The molecule has 8 heteroatoms. The van der Waals surface area contributed by atoms with E-state index in [9.17, 15) is 4.79 Å². The summed E-state index contributed by atoms with van der Waals surface area (Å²) < 4.78 is 5.10. The van der Waals surface area contributed by atoms with Gasteiger partial charge >= 0.3 is 0 Å². The zero-order chi connectivity index (χ0) is 21.1. The molecule has 30 heavy (non-hydrogen) atoms. The van der Waals surface area contributed by atoms with Crippen molar-refractivity contribution in [2.24, 2.45) is 0 Å². The number of fused-ring (bicyclic) bond motifs is 2. The molecule has 2 heterocycles. The summed E-state index contributed by atoms with van der Waals surface area (Å²) in [7, 11) is 1.49. The van der Waals surface area contributed by atoms with E-state index < -0.39 is 0 Å². The quantitative estimate of drug-likeness (QED) is 0.436. The van der Waals surface area contributed by atoms with Crippen LogP contribution in [0.4, 0.5) is 11.4 Å². The third-order valence-electron chi connectivity index (χ3n) is 4.58. The van der Waals surface area contributed by atoms with Crippen molar-refractivity contribution in [2.45, 2.75) is 9.79 Å². The first kappa shape index (κ1) is 21.2. The lowest BCUT2D eigenvalue weighted by Crippen LogP contribution is -2.27. The van der Waals surface area contributed by atoms with Gasteiger partial charge in [0.15, 0.2) is 5.75 Å². The number of hydrogen-bond acceptors (Lipinski definition) is 5. The summed E-state index contributed by atoms with van der Waals surface area (Å²) in [6, 6.07) is 19.3. The van der Waals surface area contributed by atoms with Gasteiger partial charge in [0.05, 0.1) is 34.6 Å². The minimum absolute atomic E-state index is 0.126. The van der Waals surface area contributed by atoms with Gasteiger partial charge < -0.3 is 10.1 Å². The Hall–Kier alpha value is -1.99. The van der Waals surface area contributed by atoms with Crippen LogP contribution < -0.4 is 15.0 Å². The van der Waals surface area contributed by atoms with Crippen molar-refractivity contribution < 1.29 is 9.53 Å². The second-order valence-electron chi connectivity index (χ2n) is 6.41. The molecular weight excluding hydrogens is 459 g/mol. The van der Waals surface area contributed by atoms with Crippen LogP contribution in [0.15, 0.2) is 70.5 Å². The molecule has 154 valence electrons. The minimum Gasteiger partial charge on any atom is -0.494 e. The summed E-state index contributed by atoms with van der Waals surface area (Å²) >= 11 is 15.7. The molecule has 0 unspecified atom stereocenters. The predicted octanol–water partition coefficient (Wildman–Crippen LogP) is 6.87. The number of anilines is 2. The van der Waals surface area contributed by atoms with Gasteiger partial charge in [0.2, 0.25) is 0 Å². The maximum absolute atomic E-state index is 12.7. The summed E-state index contributed by atoms with van der Waals surface area (Å²) in [6.45, 7) is 0. The average Bonchev–Trinajstić information content (AvgIpc) is 3.40. The Labute approximate surface area is 193 Å². The van der Waals surface area contributed by atoms with Gasteiger partial charge in [0, 0.05) is 21.0 Å². The second kappa shape index (κ2) is 9.43. The Bertz CT molecular complexity index is 1050. The molecular formula is C22H18Cl2N2O2S2. The Kier molecular flexibility index (Phi) is 6.68. The van der Waals surface area contributed by atoms with Crippen LogP contribution in [0.1, 0.15) is 10.4 Å². The summed E-state index contributed by atoms with van der Waals surface area (Å²) in [6.07, 6.45) is 0. The van der Waals surface area contributed by atoms with Crippen molar-refractivity contribution in [2.75, 3.05) is 29.1 Å². The van der Waals surface area contributed by atoms with Gasteiger partial charge in [0.25, 0.3) is 5.91 Å². The van der Waals surface area contributed by atoms with Crippen LogP contribution in [0, 0.1) is 0 Å². The zero-order valence-electron chi connectivity index (χ0n) is 16.0. The van der Waals surface area contributed by atoms with Crippen LogP contribution in [0.3, 0.4) is 0 Å². The number of para-hydroxylation sites is 2. The number of methoxy groups -OCH3 is 1. The van der Waals surface area contributed by atoms with E-state index in [2.05, 4.69) is 29.6 Å². The third kappa shape index (κ3) is 4.37. The number of thioether (sulfide) groups is 2. The maximum Gasteiger partial charge on any atom is 0.259 e. The average molecular weight is 477 g/mol. The van der Waals surface area contributed by atoms with Crippen LogP contribution in [-0.4, -0.2) is 24.8 Å². The lowest BCUT2D eigenvalue weighted by molar-refractivity contribution is 0.0992. The van der Waals surface area contributed by atoms with Crippen molar-refractivity contribution in [1.82, 2.24) is 0 Å². The molecule has 0 atom stereocenters. The van der Waals surface area contributed by atoms with Gasteiger partial charge in [-0.2, -0.15) is 0 Å². The summed E-state index contributed by atoms with van der Waals surface area (Å²) in [5.74, 6) is 1.86. The number of ether oxygens (including phenoxy) is 1. The number of carbonyl (C=O) groups is 1. The van der Waals surface area contributed by atoms with Gasteiger partial charge in [0.1, 0.15) is 0 Å². The maximum atomic E-state index is 12.7. The van der Waals surface area contributed by atoms with Crippen molar-refractivity contribution in [1.29, 1.82) is 0 Å². The number of benzene rings is 3. The molecule has 3 aromatic carbocycles. The molecule has 1 N–H and O–H groups in total. The molecule has 2 aliphatic heterocycles. The lowest BCUT2D eigenvalue weighted by atomic mass is 10.1. The largest absolute Gasteiger partial charge is 0.494 e. The number of halogens is 2. The molecule has 0 saturated carbocycles. The van der Waals surface area contributed by atoms with Gasteiger partial charge in [-0.15, -0.1) is 23.5 Å². The summed E-state index contributed by atoms with van der Waals surface area (Å²) in [4.78, 5) is 16.9. The first-order chi connectivity index (χ1) is 14.6. The highest BCUT2D eigenvalue weighted by Gasteiger charge is 2.26. The zero-order valence-corrected chi connectivity index (χ0v) is 19.2. The minimum atomic E-state index is -0.126. The van der Waals surface area contributed by atoms with E-state index in [4.69, 9.17) is 27.9 Å². The summed E-state index contributed by atoms with van der Waals surface area (Å²) in [5.41, 5.74) is 2.64. The van der Waals surface area contributed by atoms with Crippen LogP contribution >= 0.6 is 46.7 Å². The normalized spacial score (nSPS) is 13.6. The molecule has 0 aliphatic carbocycles. The third-order valence-corrected chi connectivity index (χ3v) is 7.14. The Morgan fingerprint density at radius 3 is 2.37 bits per heavy atom. The molecule has 3 aromatic rings. The number of amides is 1. The number of carbonyl (C=O) groups excluding carboxylic acids is 1. The molecule has 0 saturated heterocycles. The van der Waals surface area contributed by atoms with Crippen molar-refractivity contribution in [3.05, 3.63) is 76.3 Å². The molecule has 0 spiro atoms. The fraction of sp³-hybridized carbons (Fsp3) is 0.136. The van der Waals surface area contributed by atoms with Crippen LogP contribution in [0.5, 0.6) is 5.75 Å². The molecule has 5 rings (SSSR count). The monoisotopic (exact) mass is 476 g/mol. The first-order valence-electron chi connectivity index (χ1n) is 9.11. The lowest BCUT2D eigenvalue weighted by Gasteiger charge is -2.17. The molecule has 0 radical (unpaired) electrons. The number of hydrogen-bond donors (Lipinski definition) is 1. The molecule has 0 bridgehead atoms. The molecule has 0 aromatic heterocycles. The van der Waals surface area contributed by atoms with Gasteiger partial charge in [-0.25, -0.2) is 0 Å². The van der Waals surface area contributed by atoms with Crippen LogP contribution in [-0.2, 0) is 0 Å². The Morgan fingerprint density at radius 1 is 1.00 bits per heavy atom. The molecule has 1 amide bonds. The fourth-order valence-electron chi connectivity index (χ4n) is 3.14. The highest BCUT2D eigenvalue weighted by molar-refractivity contribution is 8.00. The topological polar surface area (TPSA) is 41.6 Å². The second-order valence-corrected chi connectivity index (χ2v) is 9.23. The number of nitrogens with one attached hydrogen (secondary N) is 1. The van der Waals surface area contributed by atoms with Crippen molar-refractivity contribution >= 4 is 64.0 Å². The Balaban J connectivity index is 0.000000200. The van der Waals surface area contributed by atoms with E-state index in [1.807, 2.05) is 36.0 Å². The highest BCUT2D eigenvalue weighted by atomic mass is 35.5. The van der Waals surface area contributed by atoms with Gasteiger partial charge in [-0.3, -0.25) is 9.69 Å². The summed E-state index contributed by atoms with van der Waals surface area (Å²) in [5, 5.41) is 3.92. The van der Waals surface area contributed by atoms with Crippen LogP contribution in [0.25, 0.3) is 0 Å². The van der Waals surface area contributed by atoms with E-state index in [-0.39, 0.29) is 5.91 Å². The van der Waals surface area contributed by atoms with Crippen LogP contribution in [0.2, 0.25) is 10.0 Å². The van der Waals surface area contributed by atoms with Crippen molar-refractivity contribution in [3.63, 3.8) is 0 Å². The molecule has 2 aliphatic rings. The van der Waals surface area contributed by atoms with Gasteiger partial charge in [-0.05, 0) is 36.4 Å².